The molecular weight excluding hydrogens is 645 g/mol. The number of ether oxygens (including phenoxy) is 2. The van der Waals surface area contributed by atoms with Crippen molar-refractivity contribution in [2.45, 2.75) is 39.8 Å². The number of carbonyl (C=O) groups excluding carboxylic acids is 2. The Morgan fingerprint density at radius 3 is 2.50 bits per heavy atom. The van der Waals surface area contributed by atoms with E-state index in [9.17, 15) is 22.8 Å². The second-order valence-corrected chi connectivity index (χ2v) is 14.2. The summed E-state index contributed by atoms with van der Waals surface area (Å²) in [6.45, 7) is 8.60. The minimum absolute atomic E-state index is 0.0521. The van der Waals surface area contributed by atoms with Crippen molar-refractivity contribution in [3.05, 3.63) is 67.8 Å². The average Bonchev–Trinajstić information content (AvgIpc) is 3.04. The van der Waals surface area contributed by atoms with Crippen molar-refractivity contribution in [1.29, 1.82) is 0 Å². The number of carbonyl (C=O) groups is 2. The molecule has 1 saturated heterocycles. The van der Waals surface area contributed by atoms with E-state index in [1.54, 1.807) is 14.0 Å². The van der Waals surface area contributed by atoms with Crippen molar-refractivity contribution in [1.82, 2.24) is 18.8 Å². The van der Waals surface area contributed by atoms with Gasteiger partial charge in [0.05, 0.1) is 42.5 Å². The van der Waals surface area contributed by atoms with Crippen LogP contribution in [0, 0.1) is 19.7 Å². The molecule has 260 valence electrons. The Morgan fingerprint density at radius 1 is 1.12 bits per heavy atom. The van der Waals surface area contributed by atoms with Crippen molar-refractivity contribution >= 4 is 38.7 Å². The van der Waals surface area contributed by atoms with Crippen LogP contribution in [-0.4, -0.2) is 108 Å². The summed E-state index contributed by atoms with van der Waals surface area (Å²) in [5.74, 6) is -3.48. The number of benzene rings is 2. The molecule has 15 heteroatoms. The van der Waals surface area contributed by atoms with Crippen molar-refractivity contribution < 1.29 is 36.3 Å². The Hall–Kier alpha value is -4.05. The van der Waals surface area contributed by atoms with Gasteiger partial charge in [0, 0.05) is 64.0 Å². The SMILES string of the molecule is CCOc1c(C(=O)NS(=O)(=O)N(C)C)ccc(C(=O)N2CCc3c(c(=O)oc4c(C)c(N5CCN(C)[C@@H](COC)C5)cc(C)c34)C2)c1F. The smallest absolute Gasteiger partial charge is 0.341 e. The number of aryl methyl sites for hydroxylation is 2. The van der Waals surface area contributed by atoms with Gasteiger partial charge in [-0.2, -0.15) is 12.7 Å². The fraction of sp³-hybridized carbons (Fsp3) is 0.485. The zero-order valence-electron chi connectivity index (χ0n) is 28.3. The van der Waals surface area contributed by atoms with Crippen LogP contribution in [0.15, 0.2) is 27.4 Å². The van der Waals surface area contributed by atoms with E-state index in [1.807, 2.05) is 18.6 Å². The molecule has 2 aliphatic heterocycles. The maximum Gasteiger partial charge on any atom is 0.341 e. The van der Waals surface area contributed by atoms with E-state index in [4.69, 9.17) is 13.9 Å². The van der Waals surface area contributed by atoms with Gasteiger partial charge in [0.2, 0.25) is 0 Å². The van der Waals surface area contributed by atoms with E-state index in [0.717, 1.165) is 63.8 Å². The predicted octanol–water partition coefficient (Wildman–Crippen LogP) is 2.45. The highest BCUT2D eigenvalue weighted by Crippen LogP contribution is 2.36. The monoisotopic (exact) mass is 687 g/mol. The first-order valence-corrected chi connectivity index (χ1v) is 17.2. The average molecular weight is 688 g/mol. The van der Waals surface area contributed by atoms with E-state index in [0.29, 0.717) is 24.2 Å². The minimum Gasteiger partial charge on any atom is -0.490 e. The molecule has 0 saturated carbocycles. The maximum atomic E-state index is 15.8. The zero-order valence-corrected chi connectivity index (χ0v) is 29.1. The molecule has 2 amide bonds. The number of anilines is 1. The molecular formula is C33H42FN5O8S. The largest absolute Gasteiger partial charge is 0.490 e. The number of amides is 2. The number of likely N-dealkylation sites (N-methyl/N-ethyl adjacent to an activating group) is 1. The molecule has 3 aromatic rings. The zero-order chi connectivity index (χ0) is 35.1. The van der Waals surface area contributed by atoms with Gasteiger partial charge in [-0.05, 0) is 63.6 Å². The van der Waals surface area contributed by atoms with E-state index in [1.165, 1.54) is 19.0 Å². The number of fused-ring (bicyclic) bond motifs is 3. The number of nitrogens with zero attached hydrogens (tertiary/aromatic N) is 4. The van der Waals surface area contributed by atoms with Gasteiger partial charge in [-0.3, -0.25) is 14.5 Å². The molecule has 1 atom stereocenters. The third-order valence-corrected chi connectivity index (χ3v) is 10.5. The number of piperazine rings is 1. The molecule has 0 radical (unpaired) electrons. The van der Waals surface area contributed by atoms with Crippen LogP contribution in [-0.2, 0) is 27.9 Å². The second kappa shape index (κ2) is 13.8. The van der Waals surface area contributed by atoms with Crippen LogP contribution in [0.5, 0.6) is 5.75 Å². The van der Waals surface area contributed by atoms with Crippen LogP contribution in [0.2, 0.25) is 0 Å². The van der Waals surface area contributed by atoms with Gasteiger partial charge >= 0.3 is 15.8 Å². The molecule has 0 bridgehead atoms. The lowest BCUT2D eigenvalue weighted by molar-refractivity contribution is 0.0726. The van der Waals surface area contributed by atoms with Crippen molar-refractivity contribution in [2.24, 2.45) is 0 Å². The first kappa shape index (κ1) is 35.3. The number of hydrogen-bond acceptors (Lipinski definition) is 10. The molecule has 5 rings (SSSR count). The van der Waals surface area contributed by atoms with Gasteiger partial charge in [0.1, 0.15) is 5.58 Å². The summed E-state index contributed by atoms with van der Waals surface area (Å²) in [5, 5.41) is 0.841. The molecule has 0 spiro atoms. The van der Waals surface area contributed by atoms with Crippen LogP contribution in [0.25, 0.3) is 11.0 Å². The normalized spacial score (nSPS) is 17.1. The van der Waals surface area contributed by atoms with E-state index < -0.39 is 39.2 Å². The molecule has 0 unspecified atom stereocenters. The molecule has 1 N–H and O–H groups in total. The van der Waals surface area contributed by atoms with Gasteiger partial charge in [-0.15, -0.1) is 0 Å². The number of hydrogen-bond donors (Lipinski definition) is 1. The Balaban J connectivity index is 1.45. The van der Waals surface area contributed by atoms with Crippen LogP contribution < -0.4 is 20.0 Å². The Morgan fingerprint density at radius 2 is 1.83 bits per heavy atom. The maximum absolute atomic E-state index is 15.8. The number of rotatable bonds is 9. The van der Waals surface area contributed by atoms with Crippen molar-refractivity contribution in [3.8, 4) is 5.75 Å². The molecule has 3 heterocycles. The topological polar surface area (TPSA) is 142 Å². The molecule has 1 aromatic heterocycles. The second-order valence-electron chi connectivity index (χ2n) is 12.4. The summed E-state index contributed by atoms with van der Waals surface area (Å²) in [6.07, 6.45) is 0.343. The van der Waals surface area contributed by atoms with Gasteiger partial charge < -0.3 is 23.7 Å². The Bertz CT molecular complexity index is 1930. The quantitative estimate of drug-likeness (QED) is 0.334. The summed E-state index contributed by atoms with van der Waals surface area (Å²) in [5.41, 5.74) is 3.14. The summed E-state index contributed by atoms with van der Waals surface area (Å²) >= 11 is 0. The van der Waals surface area contributed by atoms with Crippen molar-refractivity contribution in [2.75, 3.05) is 72.5 Å². The van der Waals surface area contributed by atoms with E-state index >= 15 is 4.39 Å². The first-order valence-electron chi connectivity index (χ1n) is 15.7. The lowest BCUT2D eigenvalue weighted by Gasteiger charge is -2.41. The number of nitrogens with one attached hydrogen (secondary N) is 1. The molecule has 13 nitrogen and oxygen atoms in total. The number of halogens is 1. The van der Waals surface area contributed by atoms with Gasteiger partial charge in [-0.1, -0.05) is 0 Å². The molecule has 48 heavy (non-hydrogen) atoms. The summed E-state index contributed by atoms with van der Waals surface area (Å²) < 4.78 is 59.6. The highest BCUT2D eigenvalue weighted by Gasteiger charge is 2.33. The Labute approximate surface area is 279 Å². The lowest BCUT2D eigenvalue weighted by Crippen LogP contribution is -2.53. The van der Waals surface area contributed by atoms with Gasteiger partial charge in [0.25, 0.3) is 11.8 Å². The molecule has 1 fully saturated rings. The van der Waals surface area contributed by atoms with Crippen LogP contribution >= 0.6 is 0 Å². The fourth-order valence-electron chi connectivity index (χ4n) is 6.41. The third kappa shape index (κ3) is 6.51. The molecule has 0 aliphatic carbocycles. The van der Waals surface area contributed by atoms with E-state index in [2.05, 4.69) is 22.9 Å². The van der Waals surface area contributed by atoms with Crippen LogP contribution in [0.3, 0.4) is 0 Å². The predicted molar refractivity (Wildman–Crippen MR) is 179 cm³/mol. The number of methoxy groups -OCH3 is 1. The summed E-state index contributed by atoms with van der Waals surface area (Å²) in [4.78, 5) is 45.9. The summed E-state index contributed by atoms with van der Waals surface area (Å²) in [6, 6.07) is 4.60. The van der Waals surface area contributed by atoms with Gasteiger partial charge in [0.15, 0.2) is 11.6 Å². The van der Waals surface area contributed by atoms with Crippen LogP contribution in [0.4, 0.5) is 10.1 Å². The summed E-state index contributed by atoms with van der Waals surface area (Å²) in [7, 11) is 2.07. The molecule has 2 aliphatic rings. The van der Waals surface area contributed by atoms with E-state index in [-0.39, 0.29) is 36.9 Å². The van der Waals surface area contributed by atoms with Crippen LogP contribution in [0.1, 0.15) is 49.9 Å². The van der Waals surface area contributed by atoms with Crippen molar-refractivity contribution in [3.63, 3.8) is 0 Å². The minimum atomic E-state index is -4.17. The highest BCUT2D eigenvalue weighted by molar-refractivity contribution is 7.87. The van der Waals surface area contributed by atoms with Gasteiger partial charge in [-0.25, -0.2) is 13.9 Å². The Kier molecular flexibility index (Phi) is 10.2. The standard InChI is InChI=1S/C33H42FN5O8S/c1-8-46-30-24(31(40)35-48(43,44)36(4)5)10-9-23(28(30)34)32(41)39-12-11-22-25(17-39)33(42)47-29-20(3)26(15-19(2)27(22)29)38-14-13-37(6)21(16-38)18-45-7/h9-10,15,21H,8,11-14,16-18H2,1-7H3,(H,35,40)/t21-/m1/s1. The third-order valence-electron chi connectivity index (χ3n) is 9.11. The fourth-order valence-corrected chi connectivity index (χ4v) is 6.94. The molecule has 2 aromatic carbocycles. The highest BCUT2D eigenvalue weighted by atomic mass is 32.2. The first-order chi connectivity index (χ1) is 22.7. The lowest BCUT2D eigenvalue weighted by atomic mass is 9.92.